The van der Waals surface area contributed by atoms with Crippen LogP contribution in [-0.4, -0.2) is 4.92 Å². The molecule has 1 aliphatic rings. The lowest BCUT2D eigenvalue weighted by Gasteiger charge is -2.13. The predicted octanol–water partition coefficient (Wildman–Crippen LogP) is 3.58. The molecule has 0 bridgehead atoms. The Hall–Kier alpha value is -1.90. The summed E-state index contributed by atoms with van der Waals surface area (Å²) in [6, 6.07) is 6.76. The fourth-order valence-electron chi connectivity index (χ4n) is 1.86. The van der Waals surface area contributed by atoms with Gasteiger partial charge in [0.1, 0.15) is 0 Å². The number of rotatable bonds is 2. The molecule has 0 saturated carbocycles. The zero-order chi connectivity index (χ0) is 11.5. The van der Waals surface area contributed by atoms with E-state index in [-0.39, 0.29) is 16.5 Å². The number of nitro groups is 1. The highest BCUT2D eigenvalue weighted by atomic mass is 16.6. The maximum Gasteiger partial charge on any atom is 0.269 e. The fraction of sp³-hybridized carbons (Fsp3) is 0.231. The Kier molecular flexibility index (Phi) is 2.86. The minimum absolute atomic E-state index is 0.143. The van der Waals surface area contributed by atoms with Gasteiger partial charge < -0.3 is 0 Å². The van der Waals surface area contributed by atoms with E-state index < -0.39 is 0 Å². The van der Waals surface area contributed by atoms with E-state index in [4.69, 9.17) is 0 Å². The Morgan fingerprint density at radius 3 is 2.56 bits per heavy atom. The molecule has 0 N–H and O–H groups in total. The van der Waals surface area contributed by atoms with Crippen molar-refractivity contribution in [2.24, 2.45) is 0 Å². The molecule has 2 rings (SSSR count). The minimum Gasteiger partial charge on any atom is -0.258 e. The normalized spacial score (nSPS) is 19.3. The second kappa shape index (κ2) is 4.31. The molecule has 0 spiro atoms. The number of allylic oxidation sites excluding steroid dienone is 4. The van der Waals surface area contributed by atoms with Gasteiger partial charge in [0, 0.05) is 18.1 Å². The van der Waals surface area contributed by atoms with E-state index in [1.165, 1.54) is 5.57 Å². The van der Waals surface area contributed by atoms with Crippen molar-refractivity contribution in [1.82, 2.24) is 0 Å². The zero-order valence-electron chi connectivity index (χ0n) is 9.09. The molecule has 1 aromatic rings. The first kappa shape index (κ1) is 10.6. The van der Waals surface area contributed by atoms with Crippen LogP contribution in [0.1, 0.15) is 24.8 Å². The maximum atomic E-state index is 10.5. The van der Waals surface area contributed by atoms with Crippen molar-refractivity contribution in [3.8, 4) is 0 Å². The Bertz CT molecular complexity index is 457. The summed E-state index contributed by atoms with van der Waals surface area (Å²) in [4.78, 5) is 10.1. The molecule has 0 aromatic heterocycles. The average Bonchev–Trinajstić information content (AvgIpc) is 2.29. The molecular formula is C13H13NO2. The van der Waals surface area contributed by atoms with E-state index in [1.54, 1.807) is 12.1 Å². The van der Waals surface area contributed by atoms with Crippen LogP contribution in [-0.2, 0) is 0 Å². The van der Waals surface area contributed by atoms with Crippen LogP contribution in [0.4, 0.5) is 5.69 Å². The molecule has 1 atom stereocenters. The van der Waals surface area contributed by atoms with Gasteiger partial charge in [0.2, 0.25) is 0 Å². The Labute approximate surface area is 94.3 Å². The molecular weight excluding hydrogens is 202 g/mol. The van der Waals surface area contributed by atoms with Crippen molar-refractivity contribution >= 4 is 5.69 Å². The summed E-state index contributed by atoms with van der Waals surface area (Å²) in [6.07, 6.45) is 7.47. The summed E-state index contributed by atoms with van der Waals surface area (Å²) in [6.45, 7) is 2.10. The molecule has 1 unspecified atom stereocenters. The lowest BCUT2D eigenvalue weighted by atomic mass is 9.91. The standard InChI is InChI=1S/C13H13NO2/c1-10-3-2-4-12(9-10)11-5-7-13(8-6-11)14(15)16/h2,4-9,12H,3H2,1H3. The first-order valence-electron chi connectivity index (χ1n) is 5.25. The highest BCUT2D eigenvalue weighted by Crippen LogP contribution is 2.26. The molecule has 0 saturated heterocycles. The van der Waals surface area contributed by atoms with E-state index in [9.17, 15) is 10.1 Å². The van der Waals surface area contributed by atoms with Crippen molar-refractivity contribution in [1.29, 1.82) is 0 Å². The van der Waals surface area contributed by atoms with Gasteiger partial charge in [0.25, 0.3) is 5.69 Å². The van der Waals surface area contributed by atoms with Crippen LogP contribution in [0.2, 0.25) is 0 Å². The van der Waals surface area contributed by atoms with Crippen LogP contribution >= 0.6 is 0 Å². The summed E-state index contributed by atoms with van der Waals surface area (Å²) >= 11 is 0. The zero-order valence-corrected chi connectivity index (χ0v) is 9.09. The number of hydrogen-bond donors (Lipinski definition) is 0. The van der Waals surface area contributed by atoms with E-state index in [1.807, 2.05) is 12.1 Å². The lowest BCUT2D eigenvalue weighted by Crippen LogP contribution is -1.97. The third kappa shape index (κ3) is 2.19. The monoisotopic (exact) mass is 215 g/mol. The summed E-state index contributed by atoms with van der Waals surface area (Å²) in [7, 11) is 0. The summed E-state index contributed by atoms with van der Waals surface area (Å²) in [5, 5.41) is 10.5. The summed E-state index contributed by atoms with van der Waals surface area (Å²) < 4.78 is 0. The number of nitro benzene ring substituents is 1. The Balaban J connectivity index is 2.25. The summed E-state index contributed by atoms with van der Waals surface area (Å²) in [5.74, 6) is 0.259. The molecule has 1 aromatic carbocycles. The Morgan fingerprint density at radius 2 is 2.00 bits per heavy atom. The van der Waals surface area contributed by atoms with Gasteiger partial charge >= 0.3 is 0 Å². The van der Waals surface area contributed by atoms with Gasteiger partial charge in [-0.25, -0.2) is 0 Å². The van der Waals surface area contributed by atoms with E-state index in [0.29, 0.717) is 0 Å². The van der Waals surface area contributed by atoms with Crippen LogP contribution in [0.3, 0.4) is 0 Å². The summed E-state index contributed by atoms with van der Waals surface area (Å²) in [5.41, 5.74) is 2.58. The van der Waals surface area contributed by atoms with Crippen LogP contribution in [0, 0.1) is 10.1 Å². The first-order valence-corrected chi connectivity index (χ1v) is 5.25. The maximum absolute atomic E-state index is 10.5. The first-order chi connectivity index (χ1) is 7.66. The van der Waals surface area contributed by atoms with Crippen LogP contribution in [0.15, 0.2) is 48.1 Å². The molecule has 0 fully saturated rings. The van der Waals surface area contributed by atoms with Gasteiger partial charge in [-0.2, -0.15) is 0 Å². The van der Waals surface area contributed by atoms with Crippen LogP contribution in [0.25, 0.3) is 0 Å². The van der Waals surface area contributed by atoms with Gasteiger partial charge in [-0.1, -0.05) is 35.9 Å². The number of benzene rings is 1. The minimum atomic E-state index is -0.373. The molecule has 3 nitrogen and oxygen atoms in total. The van der Waals surface area contributed by atoms with Crippen LogP contribution < -0.4 is 0 Å². The third-order valence-electron chi connectivity index (χ3n) is 2.74. The van der Waals surface area contributed by atoms with E-state index in [0.717, 1.165) is 12.0 Å². The van der Waals surface area contributed by atoms with Crippen molar-refractivity contribution in [2.45, 2.75) is 19.3 Å². The molecule has 0 radical (unpaired) electrons. The smallest absolute Gasteiger partial charge is 0.258 e. The molecule has 3 heteroatoms. The number of nitrogens with zero attached hydrogens (tertiary/aromatic N) is 1. The van der Waals surface area contributed by atoms with Crippen molar-refractivity contribution in [2.75, 3.05) is 0 Å². The molecule has 0 aliphatic heterocycles. The van der Waals surface area contributed by atoms with Crippen molar-refractivity contribution in [3.63, 3.8) is 0 Å². The molecule has 16 heavy (non-hydrogen) atoms. The van der Waals surface area contributed by atoms with Gasteiger partial charge in [-0.3, -0.25) is 10.1 Å². The van der Waals surface area contributed by atoms with Crippen LogP contribution in [0.5, 0.6) is 0 Å². The highest BCUT2D eigenvalue weighted by Gasteiger charge is 2.10. The SMILES string of the molecule is CC1=CC(c2ccc([N+](=O)[O-])cc2)C=CC1. The topological polar surface area (TPSA) is 43.1 Å². The second-order valence-corrected chi connectivity index (χ2v) is 4.02. The van der Waals surface area contributed by atoms with Gasteiger partial charge in [-0.15, -0.1) is 0 Å². The van der Waals surface area contributed by atoms with Crippen molar-refractivity contribution in [3.05, 3.63) is 63.7 Å². The second-order valence-electron chi connectivity index (χ2n) is 4.02. The molecule has 0 amide bonds. The predicted molar refractivity (Wildman–Crippen MR) is 63.4 cm³/mol. The lowest BCUT2D eigenvalue weighted by molar-refractivity contribution is -0.384. The third-order valence-corrected chi connectivity index (χ3v) is 2.74. The number of non-ortho nitro benzene ring substituents is 1. The average molecular weight is 215 g/mol. The molecule has 82 valence electrons. The quantitative estimate of drug-likeness (QED) is 0.430. The fourth-order valence-corrected chi connectivity index (χ4v) is 1.86. The van der Waals surface area contributed by atoms with Gasteiger partial charge in [0.05, 0.1) is 4.92 Å². The van der Waals surface area contributed by atoms with Gasteiger partial charge in [-0.05, 0) is 18.9 Å². The van der Waals surface area contributed by atoms with Gasteiger partial charge in [0.15, 0.2) is 0 Å². The van der Waals surface area contributed by atoms with E-state index >= 15 is 0 Å². The molecule has 0 heterocycles. The number of hydrogen-bond acceptors (Lipinski definition) is 2. The van der Waals surface area contributed by atoms with Crippen molar-refractivity contribution < 1.29 is 4.92 Å². The highest BCUT2D eigenvalue weighted by molar-refractivity contribution is 5.39. The molecule has 1 aliphatic carbocycles. The Morgan fingerprint density at radius 1 is 1.31 bits per heavy atom. The largest absolute Gasteiger partial charge is 0.269 e. The van der Waals surface area contributed by atoms with E-state index in [2.05, 4.69) is 25.2 Å².